The highest BCUT2D eigenvalue weighted by atomic mass is 16.3. The summed E-state index contributed by atoms with van der Waals surface area (Å²) in [6.45, 7) is 5.92. The number of piperidine rings is 1. The van der Waals surface area contributed by atoms with Crippen LogP contribution in [0.15, 0.2) is 16.7 Å². The first kappa shape index (κ1) is 17.6. The highest BCUT2D eigenvalue weighted by molar-refractivity contribution is 5.95. The van der Waals surface area contributed by atoms with Crippen LogP contribution in [-0.2, 0) is 4.79 Å². The third-order valence-corrected chi connectivity index (χ3v) is 4.50. The molecule has 1 atom stereocenters. The van der Waals surface area contributed by atoms with Crippen LogP contribution in [0.2, 0.25) is 0 Å². The summed E-state index contributed by atoms with van der Waals surface area (Å²) in [4.78, 5) is 26.6. The Hall–Kier alpha value is -1.78. The molecular weight excluding hydrogens is 292 g/mol. The molecule has 0 spiro atoms. The number of carbonyl (C=O) groups excluding carboxylic acids is 2. The smallest absolute Gasteiger partial charge is 0.257 e. The molecular formula is C18H28N2O3. The van der Waals surface area contributed by atoms with Gasteiger partial charge in [-0.05, 0) is 32.3 Å². The quantitative estimate of drug-likeness (QED) is 0.785. The van der Waals surface area contributed by atoms with Gasteiger partial charge in [0.15, 0.2) is 0 Å². The van der Waals surface area contributed by atoms with Gasteiger partial charge in [-0.15, -0.1) is 0 Å². The molecule has 0 saturated carbocycles. The lowest BCUT2D eigenvalue weighted by atomic mass is 9.96. The molecule has 0 aliphatic carbocycles. The monoisotopic (exact) mass is 320 g/mol. The van der Waals surface area contributed by atoms with Crippen LogP contribution in [0.25, 0.3) is 0 Å². The summed E-state index contributed by atoms with van der Waals surface area (Å²) in [5.74, 6) is 0.600. The minimum Gasteiger partial charge on any atom is -0.469 e. The maximum atomic E-state index is 12.5. The first-order chi connectivity index (χ1) is 11.1. The zero-order chi connectivity index (χ0) is 16.7. The number of rotatable bonds is 7. The Morgan fingerprint density at radius 1 is 1.35 bits per heavy atom. The largest absolute Gasteiger partial charge is 0.469 e. The van der Waals surface area contributed by atoms with E-state index < -0.39 is 0 Å². The fourth-order valence-electron chi connectivity index (χ4n) is 3.06. The van der Waals surface area contributed by atoms with Gasteiger partial charge in [-0.1, -0.05) is 26.2 Å². The third-order valence-electron chi connectivity index (χ3n) is 4.50. The molecule has 5 nitrogen and oxygen atoms in total. The highest BCUT2D eigenvalue weighted by Gasteiger charge is 2.29. The van der Waals surface area contributed by atoms with Gasteiger partial charge in [-0.25, -0.2) is 0 Å². The number of nitrogens with zero attached hydrogens (tertiary/aromatic N) is 1. The normalized spacial score (nSPS) is 18.0. The Morgan fingerprint density at radius 2 is 2.17 bits per heavy atom. The number of aryl methyl sites for hydroxylation is 1. The predicted molar refractivity (Wildman–Crippen MR) is 89.2 cm³/mol. The van der Waals surface area contributed by atoms with Gasteiger partial charge in [0, 0.05) is 19.6 Å². The van der Waals surface area contributed by atoms with E-state index in [0.29, 0.717) is 24.4 Å². The van der Waals surface area contributed by atoms with E-state index in [0.717, 1.165) is 32.2 Å². The van der Waals surface area contributed by atoms with Crippen LogP contribution in [0.3, 0.4) is 0 Å². The lowest BCUT2D eigenvalue weighted by Crippen LogP contribution is -2.45. The van der Waals surface area contributed by atoms with Crippen molar-refractivity contribution in [1.82, 2.24) is 10.2 Å². The van der Waals surface area contributed by atoms with Gasteiger partial charge in [0.1, 0.15) is 5.76 Å². The molecule has 5 heteroatoms. The average Bonchev–Trinajstić information content (AvgIpc) is 3.00. The van der Waals surface area contributed by atoms with Crippen molar-refractivity contribution in [3.63, 3.8) is 0 Å². The summed E-state index contributed by atoms with van der Waals surface area (Å²) in [7, 11) is 0. The summed E-state index contributed by atoms with van der Waals surface area (Å²) in [6.07, 6.45) is 7.86. The number of hydrogen-bond donors (Lipinski definition) is 1. The van der Waals surface area contributed by atoms with Crippen LogP contribution < -0.4 is 5.32 Å². The topological polar surface area (TPSA) is 62.6 Å². The zero-order valence-corrected chi connectivity index (χ0v) is 14.3. The molecule has 2 amide bonds. The highest BCUT2D eigenvalue weighted by Crippen LogP contribution is 2.20. The second-order valence-corrected chi connectivity index (χ2v) is 6.33. The van der Waals surface area contributed by atoms with Gasteiger partial charge in [0.2, 0.25) is 5.91 Å². The van der Waals surface area contributed by atoms with Crippen molar-refractivity contribution in [2.24, 2.45) is 5.92 Å². The van der Waals surface area contributed by atoms with Gasteiger partial charge in [-0.3, -0.25) is 9.59 Å². The minimum atomic E-state index is -0.0916. The molecule has 0 radical (unpaired) electrons. The Kier molecular flexibility index (Phi) is 6.68. The van der Waals surface area contributed by atoms with Gasteiger partial charge in [0.05, 0.1) is 17.7 Å². The molecule has 1 aromatic rings. The molecule has 1 aliphatic heterocycles. The van der Waals surface area contributed by atoms with Gasteiger partial charge < -0.3 is 14.6 Å². The molecule has 1 aromatic heterocycles. The van der Waals surface area contributed by atoms with Gasteiger partial charge >= 0.3 is 0 Å². The average molecular weight is 320 g/mol. The van der Waals surface area contributed by atoms with Crippen molar-refractivity contribution < 1.29 is 14.0 Å². The summed E-state index contributed by atoms with van der Waals surface area (Å²) in [6, 6.07) is 1.70. The van der Waals surface area contributed by atoms with Crippen LogP contribution >= 0.6 is 0 Å². The van der Waals surface area contributed by atoms with E-state index in [1.807, 2.05) is 0 Å². The molecule has 2 heterocycles. The number of nitrogens with one attached hydrogen (secondary N) is 1. The van der Waals surface area contributed by atoms with Crippen molar-refractivity contribution in [2.75, 3.05) is 19.6 Å². The van der Waals surface area contributed by atoms with E-state index in [1.165, 1.54) is 19.1 Å². The van der Waals surface area contributed by atoms with Crippen LogP contribution in [0.4, 0.5) is 0 Å². The van der Waals surface area contributed by atoms with E-state index in [1.54, 1.807) is 17.9 Å². The molecule has 0 bridgehead atoms. The zero-order valence-electron chi connectivity index (χ0n) is 14.3. The summed E-state index contributed by atoms with van der Waals surface area (Å²) in [5.41, 5.74) is 0.602. The molecule has 0 aromatic carbocycles. The van der Waals surface area contributed by atoms with Crippen molar-refractivity contribution in [3.05, 3.63) is 23.7 Å². The number of amides is 2. The van der Waals surface area contributed by atoms with Gasteiger partial charge in [0.25, 0.3) is 5.91 Å². The Labute approximate surface area is 138 Å². The van der Waals surface area contributed by atoms with E-state index in [9.17, 15) is 9.59 Å². The van der Waals surface area contributed by atoms with Crippen LogP contribution in [0.5, 0.6) is 0 Å². The van der Waals surface area contributed by atoms with Gasteiger partial charge in [-0.2, -0.15) is 0 Å². The number of unbranched alkanes of at least 4 members (excludes halogenated alkanes) is 3. The van der Waals surface area contributed by atoms with Crippen molar-refractivity contribution >= 4 is 11.8 Å². The molecule has 128 valence electrons. The molecule has 1 saturated heterocycles. The first-order valence-corrected chi connectivity index (χ1v) is 8.74. The van der Waals surface area contributed by atoms with Crippen LogP contribution in [0, 0.1) is 12.8 Å². The van der Waals surface area contributed by atoms with Crippen molar-refractivity contribution in [3.8, 4) is 0 Å². The fraction of sp³-hybridized carbons (Fsp3) is 0.667. The SMILES string of the molecule is CCCCCCNC(=O)C1CCCN(C(=O)c2ccoc2C)C1. The lowest BCUT2D eigenvalue weighted by Gasteiger charge is -2.32. The van der Waals surface area contributed by atoms with E-state index >= 15 is 0 Å². The number of likely N-dealkylation sites (tertiary alicyclic amines) is 1. The number of carbonyl (C=O) groups is 2. The second-order valence-electron chi connectivity index (χ2n) is 6.33. The minimum absolute atomic E-state index is 0.0308. The fourth-order valence-corrected chi connectivity index (χ4v) is 3.06. The number of furan rings is 1. The summed E-state index contributed by atoms with van der Waals surface area (Å²) < 4.78 is 5.21. The lowest BCUT2D eigenvalue weighted by molar-refractivity contribution is -0.126. The molecule has 1 aliphatic rings. The Bertz CT molecular complexity index is 524. The predicted octanol–water partition coefficient (Wildman–Crippen LogP) is 3.14. The maximum Gasteiger partial charge on any atom is 0.257 e. The molecule has 2 rings (SSSR count). The van der Waals surface area contributed by atoms with E-state index in [-0.39, 0.29) is 17.7 Å². The first-order valence-electron chi connectivity index (χ1n) is 8.74. The Morgan fingerprint density at radius 3 is 2.87 bits per heavy atom. The third kappa shape index (κ3) is 4.85. The second kappa shape index (κ2) is 8.75. The van der Waals surface area contributed by atoms with Crippen LogP contribution in [-0.4, -0.2) is 36.3 Å². The van der Waals surface area contributed by atoms with E-state index in [4.69, 9.17) is 4.42 Å². The van der Waals surface area contributed by atoms with Crippen molar-refractivity contribution in [1.29, 1.82) is 0 Å². The van der Waals surface area contributed by atoms with Crippen LogP contribution in [0.1, 0.15) is 61.6 Å². The standard InChI is InChI=1S/C18H28N2O3/c1-3-4-5-6-10-19-17(21)15-8-7-11-20(13-15)18(22)16-9-12-23-14(16)2/h9,12,15H,3-8,10-11,13H2,1-2H3,(H,19,21). The summed E-state index contributed by atoms with van der Waals surface area (Å²) >= 11 is 0. The molecule has 1 fully saturated rings. The van der Waals surface area contributed by atoms with E-state index in [2.05, 4.69) is 12.2 Å². The maximum absolute atomic E-state index is 12.5. The number of hydrogen-bond acceptors (Lipinski definition) is 3. The Balaban J connectivity index is 1.82. The summed E-state index contributed by atoms with van der Waals surface area (Å²) in [5, 5.41) is 3.02. The molecule has 23 heavy (non-hydrogen) atoms. The molecule has 1 unspecified atom stereocenters. The molecule has 1 N–H and O–H groups in total. The van der Waals surface area contributed by atoms with Crippen molar-refractivity contribution in [2.45, 2.75) is 52.4 Å².